The predicted molar refractivity (Wildman–Crippen MR) is 79.4 cm³/mol. The molecule has 1 N–H and O–H groups in total. The first-order chi connectivity index (χ1) is 9.02. The van der Waals surface area contributed by atoms with Crippen LogP contribution in [-0.2, 0) is 0 Å². The molecule has 1 aromatic carbocycles. The van der Waals surface area contributed by atoms with E-state index in [4.69, 9.17) is 0 Å². The van der Waals surface area contributed by atoms with Crippen LogP contribution in [0.25, 0.3) is 10.6 Å². The van der Waals surface area contributed by atoms with Gasteiger partial charge < -0.3 is 5.32 Å². The molecule has 2 aromatic rings. The standard InChI is InChI=1S/C15H18N2OS/c1-4-15(2,3)17-13(18)12-10-16-14(19-12)11-8-6-5-7-9-11/h5-10H,4H2,1-3H3,(H,17,18). The van der Waals surface area contributed by atoms with E-state index in [0.29, 0.717) is 4.88 Å². The van der Waals surface area contributed by atoms with Gasteiger partial charge in [0.1, 0.15) is 9.88 Å². The van der Waals surface area contributed by atoms with Crippen LogP contribution in [0, 0.1) is 0 Å². The third kappa shape index (κ3) is 3.41. The molecular formula is C15H18N2OS. The summed E-state index contributed by atoms with van der Waals surface area (Å²) in [6.07, 6.45) is 2.54. The van der Waals surface area contributed by atoms with E-state index in [2.05, 4.69) is 17.2 Å². The Morgan fingerprint density at radius 2 is 2.00 bits per heavy atom. The van der Waals surface area contributed by atoms with Crippen LogP contribution in [0.5, 0.6) is 0 Å². The van der Waals surface area contributed by atoms with E-state index in [0.717, 1.165) is 17.0 Å². The summed E-state index contributed by atoms with van der Waals surface area (Å²) in [5.41, 5.74) is 0.856. The molecule has 0 saturated carbocycles. The summed E-state index contributed by atoms with van der Waals surface area (Å²) >= 11 is 1.42. The highest BCUT2D eigenvalue weighted by molar-refractivity contribution is 7.16. The molecule has 1 heterocycles. The van der Waals surface area contributed by atoms with Crippen LogP contribution < -0.4 is 5.32 Å². The highest BCUT2D eigenvalue weighted by atomic mass is 32.1. The van der Waals surface area contributed by atoms with Crippen molar-refractivity contribution in [3.05, 3.63) is 41.4 Å². The Bertz CT molecular complexity index is 561. The summed E-state index contributed by atoms with van der Waals surface area (Å²) in [5, 5.41) is 3.89. The number of carbonyl (C=O) groups is 1. The van der Waals surface area contributed by atoms with E-state index in [1.807, 2.05) is 44.2 Å². The second kappa shape index (κ2) is 5.53. The van der Waals surface area contributed by atoms with E-state index >= 15 is 0 Å². The number of benzene rings is 1. The lowest BCUT2D eigenvalue weighted by Gasteiger charge is -2.23. The van der Waals surface area contributed by atoms with E-state index < -0.39 is 0 Å². The van der Waals surface area contributed by atoms with Gasteiger partial charge >= 0.3 is 0 Å². The fourth-order valence-electron chi connectivity index (χ4n) is 1.55. The Morgan fingerprint density at radius 3 is 2.63 bits per heavy atom. The summed E-state index contributed by atoms with van der Waals surface area (Å²) < 4.78 is 0. The number of thiazole rings is 1. The van der Waals surface area contributed by atoms with Gasteiger partial charge in [-0.1, -0.05) is 37.3 Å². The van der Waals surface area contributed by atoms with Crippen LogP contribution in [0.15, 0.2) is 36.5 Å². The third-order valence-electron chi connectivity index (χ3n) is 3.09. The lowest BCUT2D eigenvalue weighted by atomic mass is 10.0. The van der Waals surface area contributed by atoms with Crippen LogP contribution in [0.2, 0.25) is 0 Å². The van der Waals surface area contributed by atoms with Crippen molar-refractivity contribution in [3.8, 4) is 10.6 Å². The molecule has 0 aliphatic heterocycles. The minimum absolute atomic E-state index is 0.0495. The number of rotatable bonds is 4. The van der Waals surface area contributed by atoms with Crippen LogP contribution >= 0.6 is 11.3 Å². The van der Waals surface area contributed by atoms with Gasteiger partial charge in [-0.15, -0.1) is 11.3 Å². The van der Waals surface area contributed by atoms with Gasteiger partial charge in [-0.25, -0.2) is 4.98 Å². The number of nitrogens with zero attached hydrogens (tertiary/aromatic N) is 1. The lowest BCUT2D eigenvalue weighted by molar-refractivity contribution is 0.0915. The van der Waals surface area contributed by atoms with Crippen LogP contribution in [-0.4, -0.2) is 16.4 Å². The minimum atomic E-state index is -0.187. The molecule has 100 valence electrons. The molecule has 3 nitrogen and oxygen atoms in total. The first kappa shape index (κ1) is 13.7. The number of aromatic nitrogens is 1. The Balaban J connectivity index is 2.16. The molecule has 0 aliphatic rings. The first-order valence-corrected chi connectivity index (χ1v) is 7.17. The van der Waals surface area contributed by atoms with Crippen molar-refractivity contribution in [2.45, 2.75) is 32.7 Å². The normalized spacial score (nSPS) is 11.3. The summed E-state index contributed by atoms with van der Waals surface area (Å²) in [5.74, 6) is -0.0495. The largest absolute Gasteiger partial charge is 0.346 e. The highest BCUT2D eigenvalue weighted by Crippen LogP contribution is 2.25. The van der Waals surface area contributed by atoms with Gasteiger partial charge in [0.15, 0.2) is 0 Å². The van der Waals surface area contributed by atoms with Crippen molar-refractivity contribution in [1.29, 1.82) is 0 Å². The average molecular weight is 274 g/mol. The van der Waals surface area contributed by atoms with E-state index in [1.165, 1.54) is 11.3 Å². The minimum Gasteiger partial charge on any atom is -0.346 e. The second-order valence-corrected chi connectivity index (χ2v) is 6.12. The maximum Gasteiger partial charge on any atom is 0.263 e. The number of carbonyl (C=O) groups excluding carboxylic acids is 1. The fourth-order valence-corrected chi connectivity index (χ4v) is 2.37. The summed E-state index contributed by atoms with van der Waals surface area (Å²) in [7, 11) is 0. The number of nitrogens with one attached hydrogen (secondary N) is 1. The molecule has 0 radical (unpaired) electrons. The lowest BCUT2D eigenvalue weighted by Crippen LogP contribution is -2.42. The van der Waals surface area contributed by atoms with Crippen molar-refractivity contribution < 1.29 is 4.79 Å². The summed E-state index contributed by atoms with van der Waals surface area (Å²) in [4.78, 5) is 17.1. The van der Waals surface area contributed by atoms with E-state index in [1.54, 1.807) is 6.20 Å². The smallest absolute Gasteiger partial charge is 0.263 e. The molecule has 2 rings (SSSR count). The van der Waals surface area contributed by atoms with Gasteiger partial charge in [0, 0.05) is 11.1 Å². The molecular weight excluding hydrogens is 256 g/mol. The maximum atomic E-state index is 12.1. The molecule has 0 spiro atoms. The zero-order valence-electron chi connectivity index (χ0n) is 11.4. The SMILES string of the molecule is CCC(C)(C)NC(=O)c1cnc(-c2ccccc2)s1. The molecule has 0 atom stereocenters. The third-order valence-corrected chi connectivity index (χ3v) is 4.13. The Labute approximate surface area is 117 Å². The van der Waals surface area contributed by atoms with Crippen LogP contribution in [0.1, 0.15) is 36.9 Å². The van der Waals surface area contributed by atoms with Crippen molar-refractivity contribution in [1.82, 2.24) is 10.3 Å². The average Bonchev–Trinajstić information content (AvgIpc) is 2.89. The Morgan fingerprint density at radius 1 is 1.32 bits per heavy atom. The summed E-state index contributed by atoms with van der Waals surface area (Å²) in [6, 6.07) is 9.90. The molecule has 1 aromatic heterocycles. The highest BCUT2D eigenvalue weighted by Gasteiger charge is 2.20. The molecule has 0 saturated heterocycles. The molecule has 1 amide bonds. The molecule has 0 bridgehead atoms. The molecule has 19 heavy (non-hydrogen) atoms. The van der Waals surface area contributed by atoms with Crippen LogP contribution in [0.3, 0.4) is 0 Å². The van der Waals surface area contributed by atoms with Gasteiger partial charge in [-0.05, 0) is 20.3 Å². The zero-order chi connectivity index (χ0) is 13.9. The van der Waals surface area contributed by atoms with E-state index in [-0.39, 0.29) is 11.4 Å². The van der Waals surface area contributed by atoms with Crippen LogP contribution in [0.4, 0.5) is 0 Å². The number of amides is 1. The van der Waals surface area contributed by atoms with Gasteiger partial charge in [0.25, 0.3) is 5.91 Å². The van der Waals surface area contributed by atoms with E-state index in [9.17, 15) is 4.79 Å². The Kier molecular flexibility index (Phi) is 4.00. The maximum absolute atomic E-state index is 12.1. The monoisotopic (exact) mass is 274 g/mol. The fraction of sp³-hybridized carbons (Fsp3) is 0.333. The molecule has 0 unspecified atom stereocenters. The quantitative estimate of drug-likeness (QED) is 0.923. The van der Waals surface area contributed by atoms with Gasteiger partial charge in [0.2, 0.25) is 0 Å². The summed E-state index contributed by atoms with van der Waals surface area (Å²) in [6.45, 7) is 6.09. The van der Waals surface area contributed by atoms with Gasteiger partial charge in [0.05, 0.1) is 6.20 Å². The zero-order valence-corrected chi connectivity index (χ0v) is 12.3. The van der Waals surface area contributed by atoms with Gasteiger partial charge in [-0.3, -0.25) is 4.79 Å². The van der Waals surface area contributed by atoms with Crippen molar-refractivity contribution in [2.24, 2.45) is 0 Å². The second-order valence-electron chi connectivity index (χ2n) is 5.09. The van der Waals surface area contributed by atoms with Gasteiger partial charge in [-0.2, -0.15) is 0 Å². The Hall–Kier alpha value is -1.68. The molecule has 0 fully saturated rings. The van der Waals surface area contributed by atoms with Crippen molar-refractivity contribution >= 4 is 17.2 Å². The number of hydrogen-bond acceptors (Lipinski definition) is 3. The number of hydrogen-bond donors (Lipinski definition) is 1. The molecule has 4 heteroatoms. The molecule has 0 aliphatic carbocycles. The predicted octanol–water partition coefficient (Wildman–Crippen LogP) is 3.73. The van der Waals surface area contributed by atoms with Crippen molar-refractivity contribution in [3.63, 3.8) is 0 Å². The van der Waals surface area contributed by atoms with Crippen molar-refractivity contribution in [2.75, 3.05) is 0 Å². The first-order valence-electron chi connectivity index (χ1n) is 6.35. The topological polar surface area (TPSA) is 42.0 Å².